The fourth-order valence-corrected chi connectivity index (χ4v) is 2.29. The lowest BCUT2D eigenvalue weighted by Crippen LogP contribution is -2.27. The first-order chi connectivity index (χ1) is 5.74. The highest BCUT2D eigenvalue weighted by molar-refractivity contribution is 8.16. The van der Waals surface area contributed by atoms with Gasteiger partial charge in [0.05, 0.1) is 0 Å². The number of nitrogens with zero attached hydrogens (tertiary/aromatic N) is 1. The molecule has 0 N–H and O–H groups in total. The van der Waals surface area contributed by atoms with Crippen LogP contribution in [0.25, 0.3) is 0 Å². The van der Waals surface area contributed by atoms with Gasteiger partial charge in [0.1, 0.15) is 0 Å². The van der Waals surface area contributed by atoms with E-state index >= 15 is 0 Å². The quantitative estimate of drug-likeness (QED) is 0.660. The molecule has 2 nitrogen and oxygen atoms in total. The van der Waals surface area contributed by atoms with Gasteiger partial charge in [-0.05, 0) is 24.2 Å². The van der Waals surface area contributed by atoms with Crippen molar-refractivity contribution in [2.24, 2.45) is 0 Å². The molecule has 0 aromatic carbocycles. The van der Waals surface area contributed by atoms with Gasteiger partial charge in [-0.15, -0.1) is 0 Å². The van der Waals surface area contributed by atoms with Crippen LogP contribution < -0.4 is 0 Å². The summed E-state index contributed by atoms with van der Waals surface area (Å²) in [6.45, 7) is 4.25. The summed E-state index contributed by atoms with van der Waals surface area (Å²) in [6, 6.07) is 0. The normalized spacial score (nSPS) is 21.7. The van der Waals surface area contributed by atoms with Crippen molar-refractivity contribution in [1.29, 1.82) is 0 Å². The molecule has 0 radical (unpaired) electrons. The van der Waals surface area contributed by atoms with Crippen molar-refractivity contribution in [3.05, 3.63) is 0 Å². The molecule has 12 heavy (non-hydrogen) atoms. The maximum atomic E-state index is 11.2. The zero-order valence-corrected chi connectivity index (χ0v) is 8.94. The zero-order chi connectivity index (χ0) is 8.97. The minimum atomic E-state index is 0.193. The largest absolute Gasteiger partial charge is 0.342 e. The molecule has 1 aliphatic heterocycles. The summed E-state index contributed by atoms with van der Waals surface area (Å²) in [7, 11) is 0.193. The van der Waals surface area contributed by atoms with Crippen LogP contribution in [0, 0.1) is 0 Å². The number of rotatable bonds is 4. The van der Waals surface area contributed by atoms with Gasteiger partial charge in [0.2, 0.25) is 5.91 Å². The first-order valence-corrected chi connectivity index (χ1v) is 6.86. The molecule has 72 valence electrons. The molecule has 1 heterocycles. The Hall–Kier alpha value is -0.180. The second-order valence-electron chi connectivity index (χ2n) is 3.38. The number of hydrogen-bond donors (Lipinski definition) is 1. The first-order valence-electron chi connectivity index (χ1n) is 4.70. The number of amides is 1. The summed E-state index contributed by atoms with van der Waals surface area (Å²) in [5.74, 6) is 2.89. The molecule has 1 aliphatic rings. The van der Waals surface area contributed by atoms with Crippen molar-refractivity contribution in [3.8, 4) is 0 Å². The molecule has 0 spiro atoms. The number of thiol groups is 1. The van der Waals surface area contributed by atoms with E-state index in [1.807, 2.05) is 4.90 Å². The van der Waals surface area contributed by atoms with Gasteiger partial charge < -0.3 is 4.90 Å². The Labute approximate surface area is 77.7 Å². The van der Waals surface area contributed by atoms with E-state index in [1.165, 1.54) is 11.5 Å². The fourth-order valence-electron chi connectivity index (χ4n) is 1.39. The van der Waals surface area contributed by atoms with Crippen LogP contribution in [0.2, 0.25) is 0 Å². The van der Waals surface area contributed by atoms with E-state index in [4.69, 9.17) is 0 Å². The summed E-state index contributed by atoms with van der Waals surface area (Å²) >= 11 is 0. The van der Waals surface area contributed by atoms with Gasteiger partial charge in [-0.3, -0.25) is 15.7 Å². The molecule has 1 rings (SSSR count). The monoisotopic (exact) mass is 189 g/mol. The number of hydrogen-bond acceptors (Lipinski definition) is 1. The van der Waals surface area contributed by atoms with E-state index < -0.39 is 0 Å². The van der Waals surface area contributed by atoms with E-state index in [0.717, 1.165) is 25.9 Å². The summed E-state index contributed by atoms with van der Waals surface area (Å²) < 4.78 is 0. The van der Waals surface area contributed by atoms with Gasteiger partial charge in [-0.2, -0.15) is 0 Å². The smallest absolute Gasteiger partial charge is 0.222 e. The summed E-state index contributed by atoms with van der Waals surface area (Å²) in [6.07, 6.45) is 4.18. The minimum absolute atomic E-state index is 0.193. The van der Waals surface area contributed by atoms with Crippen molar-refractivity contribution >= 4 is 16.8 Å². The predicted molar refractivity (Wildman–Crippen MR) is 56.1 cm³/mol. The SMILES string of the molecule is CC[SH](C)CCN1CCCC1=O. The topological polar surface area (TPSA) is 20.3 Å². The second kappa shape index (κ2) is 4.75. The van der Waals surface area contributed by atoms with Gasteiger partial charge in [-0.25, -0.2) is 0 Å². The highest BCUT2D eigenvalue weighted by Gasteiger charge is 2.19. The van der Waals surface area contributed by atoms with Crippen LogP contribution in [0.5, 0.6) is 0 Å². The Morgan fingerprint density at radius 2 is 2.33 bits per heavy atom. The molecule has 1 amide bonds. The van der Waals surface area contributed by atoms with Gasteiger partial charge in [-0.1, -0.05) is 6.92 Å². The summed E-state index contributed by atoms with van der Waals surface area (Å²) in [4.78, 5) is 13.2. The Bertz CT molecular complexity index is 161. The zero-order valence-electron chi connectivity index (χ0n) is 8.05. The molecule has 3 heteroatoms. The molecular formula is C9H19NOS. The van der Waals surface area contributed by atoms with Crippen LogP contribution in [0.4, 0.5) is 0 Å². The number of carbonyl (C=O) groups is 1. The summed E-state index contributed by atoms with van der Waals surface area (Å²) in [5, 5.41) is 0. The fraction of sp³-hybridized carbons (Fsp3) is 0.889. The maximum Gasteiger partial charge on any atom is 0.222 e. The molecule has 1 saturated heterocycles. The van der Waals surface area contributed by atoms with Crippen LogP contribution in [-0.2, 0) is 4.79 Å². The van der Waals surface area contributed by atoms with Gasteiger partial charge in [0.15, 0.2) is 0 Å². The van der Waals surface area contributed by atoms with Crippen LogP contribution >= 0.6 is 10.9 Å². The Morgan fingerprint density at radius 1 is 1.58 bits per heavy atom. The van der Waals surface area contributed by atoms with Crippen LogP contribution in [0.15, 0.2) is 0 Å². The van der Waals surface area contributed by atoms with E-state index in [2.05, 4.69) is 13.2 Å². The lowest BCUT2D eigenvalue weighted by Gasteiger charge is -2.19. The lowest BCUT2D eigenvalue weighted by molar-refractivity contribution is -0.127. The molecule has 1 fully saturated rings. The Balaban J connectivity index is 2.18. The molecular weight excluding hydrogens is 170 g/mol. The minimum Gasteiger partial charge on any atom is -0.342 e. The maximum absolute atomic E-state index is 11.2. The average molecular weight is 189 g/mol. The van der Waals surface area contributed by atoms with E-state index in [1.54, 1.807) is 0 Å². The van der Waals surface area contributed by atoms with Crippen molar-refractivity contribution in [2.45, 2.75) is 19.8 Å². The Kier molecular flexibility index (Phi) is 3.92. The van der Waals surface area contributed by atoms with E-state index in [0.29, 0.717) is 5.91 Å². The van der Waals surface area contributed by atoms with Crippen molar-refractivity contribution < 1.29 is 4.79 Å². The van der Waals surface area contributed by atoms with E-state index in [-0.39, 0.29) is 10.9 Å². The van der Waals surface area contributed by atoms with Gasteiger partial charge in [0.25, 0.3) is 0 Å². The molecule has 0 bridgehead atoms. The lowest BCUT2D eigenvalue weighted by atomic mass is 10.4. The Morgan fingerprint density at radius 3 is 2.83 bits per heavy atom. The van der Waals surface area contributed by atoms with Crippen LogP contribution in [-0.4, -0.2) is 41.7 Å². The molecule has 0 aromatic rings. The third-order valence-corrected chi connectivity index (χ3v) is 4.51. The molecule has 0 aromatic heterocycles. The third kappa shape index (κ3) is 2.70. The molecule has 1 unspecified atom stereocenters. The molecule has 1 atom stereocenters. The van der Waals surface area contributed by atoms with Crippen molar-refractivity contribution in [3.63, 3.8) is 0 Å². The van der Waals surface area contributed by atoms with Crippen LogP contribution in [0.3, 0.4) is 0 Å². The van der Waals surface area contributed by atoms with E-state index in [9.17, 15) is 4.79 Å². The summed E-state index contributed by atoms with van der Waals surface area (Å²) in [5.41, 5.74) is 0. The molecule has 0 saturated carbocycles. The third-order valence-electron chi connectivity index (χ3n) is 2.46. The predicted octanol–water partition coefficient (Wildman–Crippen LogP) is 1.26. The second-order valence-corrected chi connectivity index (χ2v) is 6.17. The number of carbonyl (C=O) groups excluding carboxylic acids is 1. The first kappa shape index (κ1) is 9.90. The van der Waals surface area contributed by atoms with Crippen LogP contribution in [0.1, 0.15) is 19.8 Å². The van der Waals surface area contributed by atoms with Gasteiger partial charge in [0, 0.05) is 19.5 Å². The highest BCUT2D eigenvalue weighted by atomic mass is 32.2. The van der Waals surface area contributed by atoms with Gasteiger partial charge >= 0.3 is 0 Å². The standard InChI is InChI=1S/C9H19NOS/c1-3-12(2)8-7-10-6-4-5-9(10)11/h12H,3-8H2,1-2H3. The van der Waals surface area contributed by atoms with Crippen molar-refractivity contribution in [1.82, 2.24) is 4.90 Å². The molecule has 0 aliphatic carbocycles. The number of likely N-dealkylation sites (tertiary alicyclic amines) is 1. The van der Waals surface area contributed by atoms with Crippen molar-refractivity contribution in [2.75, 3.05) is 30.9 Å². The highest BCUT2D eigenvalue weighted by Crippen LogP contribution is 2.19. The average Bonchev–Trinajstić information content (AvgIpc) is 2.47.